The van der Waals surface area contributed by atoms with E-state index in [-0.39, 0.29) is 11.9 Å². The minimum Gasteiger partial charge on any atom is -0.356 e. The van der Waals surface area contributed by atoms with Gasteiger partial charge < -0.3 is 10.1 Å². The lowest BCUT2D eigenvalue weighted by atomic mass is 10.2. The number of nitrogens with zero attached hydrogens (tertiary/aromatic N) is 4. The van der Waals surface area contributed by atoms with Gasteiger partial charge in [0.15, 0.2) is 11.9 Å². The minimum atomic E-state index is -0.613. The highest BCUT2D eigenvalue weighted by Crippen LogP contribution is 2.28. The summed E-state index contributed by atoms with van der Waals surface area (Å²) in [7, 11) is 0. The van der Waals surface area contributed by atoms with Crippen molar-refractivity contribution in [3.8, 4) is 12.3 Å². The van der Waals surface area contributed by atoms with Crippen molar-refractivity contribution in [2.45, 2.75) is 32.4 Å². The van der Waals surface area contributed by atoms with E-state index in [0.717, 1.165) is 19.3 Å². The van der Waals surface area contributed by atoms with E-state index in [0.29, 0.717) is 39.7 Å². The van der Waals surface area contributed by atoms with Crippen molar-refractivity contribution in [2.24, 2.45) is 0 Å². The Bertz CT molecular complexity index is 1220. The highest BCUT2D eigenvalue weighted by Gasteiger charge is 2.22. The van der Waals surface area contributed by atoms with Gasteiger partial charge in [-0.2, -0.15) is 5.10 Å². The van der Waals surface area contributed by atoms with Crippen LogP contribution in [0.3, 0.4) is 0 Å². The average molecular weight is 440 g/mol. The van der Waals surface area contributed by atoms with E-state index < -0.39 is 11.7 Å². The number of hydrogen-bond donors (Lipinski definition) is 1. The third-order valence-corrected chi connectivity index (χ3v) is 5.14. The summed E-state index contributed by atoms with van der Waals surface area (Å²) in [6.07, 6.45) is 11.9. The van der Waals surface area contributed by atoms with E-state index >= 15 is 0 Å². The molecule has 0 bridgehead atoms. The van der Waals surface area contributed by atoms with E-state index in [1.54, 1.807) is 17.7 Å². The number of fused-ring (bicyclic) bond motifs is 1. The summed E-state index contributed by atoms with van der Waals surface area (Å²) in [4.78, 5) is 20.8. The SMILES string of the molecule is C#Cc1nn(C2CCCCO2)c2nc(/C=C/C(=O)Nc3cc(Cl)cnc3C)c(F)cc12. The molecule has 1 unspecified atom stereocenters. The van der Waals surface area contributed by atoms with E-state index in [4.69, 9.17) is 22.8 Å². The van der Waals surface area contributed by atoms with Crippen LogP contribution < -0.4 is 5.32 Å². The standard InChI is InChI=1S/C22H19ClFN5O2/c1-3-17-15-11-16(24)18(27-22(15)29(28-17)21-6-4-5-9-31-21)7-8-20(30)26-19-10-14(23)12-25-13(19)2/h1,7-8,10-12,21H,4-6,9H2,2H3,(H,26,30)/b8-7+. The molecule has 7 nitrogen and oxygen atoms in total. The number of aryl methyl sites for hydroxylation is 1. The first kappa shape index (κ1) is 21.0. The molecule has 1 fully saturated rings. The lowest BCUT2D eigenvalue weighted by molar-refractivity contribution is -0.111. The van der Waals surface area contributed by atoms with E-state index in [2.05, 4.69) is 26.3 Å². The van der Waals surface area contributed by atoms with Crippen LogP contribution in [0.2, 0.25) is 5.02 Å². The second-order valence-electron chi connectivity index (χ2n) is 7.09. The molecule has 0 aromatic carbocycles. The molecular formula is C22H19ClFN5O2. The number of nitrogens with one attached hydrogen (secondary N) is 1. The van der Waals surface area contributed by atoms with Crippen molar-refractivity contribution < 1.29 is 13.9 Å². The number of hydrogen-bond acceptors (Lipinski definition) is 5. The van der Waals surface area contributed by atoms with Gasteiger partial charge in [0.2, 0.25) is 5.91 Å². The number of amides is 1. The van der Waals surface area contributed by atoms with Crippen molar-refractivity contribution in [3.05, 3.63) is 52.3 Å². The molecular weight excluding hydrogens is 421 g/mol. The van der Waals surface area contributed by atoms with Crippen LogP contribution in [0.25, 0.3) is 17.1 Å². The summed E-state index contributed by atoms with van der Waals surface area (Å²) in [5, 5.41) is 7.87. The summed E-state index contributed by atoms with van der Waals surface area (Å²) in [5.41, 5.74) is 1.78. The van der Waals surface area contributed by atoms with Crippen LogP contribution in [-0.4, -0.2) is 32.3 Å². The van der Waals surface area contributed by atoms with Crippen molar-refractivity contribution >= 4 is 40.3 Å². The topological polar surface area (TPSA) is 81.9 Å². The van der Waals surface area contributed by atoms with Crippen LogP contribution >= 0.6 is 11.6 Å². The molecule has 1 saturated heterocycles. The highest BCUT2D eigenvalue weighted by molar-refractivity contribution is 6.30. The summed E-state index contributed by atoms with van der Waals surface area (Å²) in [5.74, 6) is 1.39. The minimum absolute atomic E-state index is 0.0101. The van der Waals surface area contributed by atoms with Crippen LogP contribution in [0.1, 0.15) is 42.6 Å². The second-order valence-corrected chi connectivity index (χ2v) is 7.53. The Hall–Kier alpha value is -3.28. The molecule has 3 aromatic heterocycles. The fourth-order valence-corrected chi connectivity index (χ4v) is 3.51. The van der Waals surface area contributed by atoms with E-state index in [1.165, 1.54) is 24.4 Å². The fraction of sp³-hybridized carbons (Fsp3) is 0.273. The summed E-state index contributed by atoms with van der Waals surface area (Å²) < 4.78 is 22.1. The number of pyridine rings is 2. The van der Waals surface area contributed by atoms with Crippen LogP contribution in [0.4, 0.5) is 10.1 Å². The van der Waals surface area contributed by atoms with Crippen molar-refractivity contribution in [3.63, 3.8) is 0 Å². The zero-order valence-electron chi connectivity index (χ0n) is 16.7. The number of carbonyl (C=O) groups is 1. The molecule has 3 aromatic rings. The number of aromatic nitrogens is 4. The first-order valence-corrected chi connectivity index (χ1v) is 10.1. The molecule has 0 aliphatic carbocycles. The van der Waals surface area contributed by atoms with E-state index in [1.807, 2.05) is 0 Å². The third-order valence-electron chi connectivity index (χ3n) is 4.93. The monoisotopic (exact) mass is 439 g/mol. The van der Waals surface area contributed by atoms with Gasteiger partial charge in [0, 0.05) is 18.9 Å². The van der Waals surface area contributed by atoms with Crippen LogP contribution in [-0.2, 0) is 9.53 Å². The Balaban J connectivity index is 1.64. The van der Waals surface area contributed by atoms with Gasteiger partial charge in [-0.15, -0.1) is 6.42 Å². The Kier molecular flexibility index (Phi) is 5.98. The van der Waals surface area contributed by atoms with E-state index in [9.17, 15) is 9.18 Å². The lowest BCUT2D eigenvalue weighted by Gasteiger charge is -2.23. The van der Waals surface area contributed by atoms with Gasteiger partial charge in [0.25, 0.3) is 0 Å². The van der Waals surface area contributed by atoms with Gasteiger partial charge in [0.1, 0.15) is 17.2 Å². The summed E-state index contributed by atoms with van der Waals surface area (Å²) in [6.45, 7) is 2.35. The molecule has 1 amide bonds. The molecule has 1 N–H and O–H groups in total. The molecule has 9 heteroatoms. The van der Waals surface area contributed by atoms with Gasteiger partial charge in [0.05, 0.1) is 21.8 Å². The highest BCUT2D eigenvalue weighted by atomic mass is 35.5. The van der Waals surface area contributed by atoms with Gasteiger partial charge in [-0.3, -0.25) is 9.78 Å². The first-order valence-electron chi connectivity index (χ1n) is 9.74. The zero-order chi connectivity index (χ0) is 22.0. The molecule has 1 atom stereocenters. The van der Waals surface area contributed by atoms with Crippen molar-refractivity contribution in [1.82, 2.24) is 19.7 Å². The Morgan fingerprint density at radius 3 is 3.03 bits per heavy atom. The summed E-state index contributed by atoms with van der Waals surface area (Å²) in [6, 6.07) is 2.87. The Morgan fingerprint density at radius 1 is 1.45 bits per heavy atom. The summed E-state index contributed by atoms with van der Waals surface area (Å²) >= 11 is 5.92. The average Bonchev–Trinajstić information content (AvgIpc) is 3.12. The van der Waals surface area contributed by atoms with Crippen LogP contribution in [0.5, 0.6) is 0 Å². The van der Waals surface area contributed by atoms with Crippen molar-refractivity contribution in [1.29, 1.82) is 0 Å². The number of halogens is 2. The van der Waals surface area contributed by atoms with Gasteiger partial charge in [-0.05, 0) is 50.3 Å². The number of carbonyl (C=O) groups excluding carboxylic acids is 1. The zero-order valence-corrected chi connectivity index (χ0v) is 17.5. The first-order chi connectivity index (χ1) is 15.0. The fourth-order valence-electron chi connectivity index (χ4n) is 3.35. The van der Waals surface area contributed by atoms with Crippen LogP contribution in [0.15, 0.2) is 24.4 Å². The number of terminal acetylenes is 1. The molecule has 0 radical (unpaired) electrons. The van der Waals surface area contributed by atoms with Gasteiger partial charge >= 0.3 is 0 Å². The second kappa shape index (κ2) is 8.84. The van der Waals surface area contributed by atoms with Crippen LogP contribution in [0, 0.1) is 25.1 Å². The quantitative estimate of drug-likeness (QED) is 0.485. The largest absolute Gasteiger partial charge is 0.356 e. The molecule has 4 heterocycles. The Labute approximate surface area is 183 Å². The molecule has 31 heavy (non-hydrogen) atoms. The molecule has 0 spiro atoms. The molecule has 1 aliphatic rings. The Morgan fingerprint density at radius 2 is 2.29 bits per heavy atom. The van der Waals surface area contributed by atoms with Gasteiger partial charge in [-0.1, -0.05) is 11.6 Å². The number of rotatable bonds is 4. The third kappa shape index (κ3) is 4.43. The maximum atomic E-state index is 14.7. The molecule has 4 rings (SSSR count). The normalized spacial score (nSPS) is 16.5. The molecule has 1 aliphatic heterocycles. The lowest BCUT2D eigenvalue weighted by Crippen LogP contribution is -2.19. The molecule has 0 saturated carbocycles. The molecule has 158 valence electrons. The van der Waals surface area contributed by atoms with Gasteiger partial charge in [-0.25, -0.2) is 14.1 Å². The predicted octanol–water partition coefficient (Wildman–Crippen LogP) is 4.26. The number of ether oxygens (including phenoxy) is 1. The predicted molar refractivity (Wildman–Crippen MR) is 116 cm³/mol. The maximum absolute atomic E-state index is 14.7. The number of anilines is 1. The maximum Gasteiger partial charge on any atom is 0.248 e. The smallest absolute Gasteiger partial charge is 0.248 e. The van der Waals surface area contributed by atoms with Crippen molar-refractivity contribution in [2.75, 3.05) is 11.9 Å².